The van der Waals surface area contributed by atoms with E-state index in [2.05, 4.69) is 9.98 Å². The summed E-state index contributed by atoms with van der Waals surface area (Å²) in [6, 6.07) is 11.1. The van der Waals surface area contributed by atoms with Crippen molar-refractivity contribution in [2.45, 2.75) is 13.1 Å². The molecular formula is C20H17F3N4. The van der Waals surface area contributed by atoms with E-state index in [4.69, 9.17) is 0 Å². The molecule has 0 radical (unpaired) electrons. The van der Waals surface area contributed by atoms with E-state index in [0.717, 1.165) is 40.0 Å². The number of anilines is 1. The minimum absolute atomic E-state index is 0.346. The molecule has 0 spiro atoms. The maximum Gasteiger partial charge on any atom is 0.416 e. The van der Waals surface area contributed by atoms with E-state index < -0.39 is 11.7 Å². The summed E-state index contributed by atoms with van der Waals surface area (Å²) in [6.07, 6.45) is -0.804. The fraction of sp³-hybridized carbons (Fsp3) is 0.200. The molecule has 2 heterocycles. The lowest BCUT2D eigenvalue weighted by Crippen LogP contribution is -2.26. The number of aromatic nitrogens is 2. The number of alkyl halides is 3. The van der Waals surface area contributed by atoms with Gasteiger partial charge in [0.25, 0.3) is 0 Å². The summed E-state index contributed by atoms with van der Waals surface area (Å²) in [7, 11) is 1.93. The highest BCUT2D eigenvalue weighted by Gasteiger charge is 2.30. The number of imidazole rings is 1. The van der Waals surface area contributed by atoms with Crippen molar-refractivity contribution in [1.29, 1.82) is 0 Å². The molecule has 1 aliphatic rings. The predicted molar refractivity (Wildman–Crippen MR) is 101 cm³/mol. The molecule has 7 heteroatoms. The second-order valence-electron chi connectivity index (χ2n) is 6.52. The van der Waals surface area contributed by atoms with Gasteiger partial charge in [0.05, 0.1) is 28.6 Å². The zero-order chi connectivity index (χ0) is 19.2. The van der Waals surface area contributed by atoms with Crippen LogP contribution < -0.4 is 4.90 Å². The van der Waals surface area contributed by atoms with E-state index in [1.807, 2.05) is 41.6 Å². The first-order chi connectivity index (χ1) is 12.8. The molecular weight excluding hydrogens is 353 g/mol. The zero-order valence-electron chi connectivity index (χ0n) is 14.8. The Bertz CT molecular complexity index is 1060. The van der Waals surface area contributed by atoms with E-state index in [1.54, 1.807) is 12.5 Å². The third-order valence-electron chi connectivity index (χ3n) is 4.66. The number of nitrogens with zero attached hydrogens (tertiary/aromatic N) is 4. The number of hydrogen-bond acceptors (Lipinski definition) is 3. The summed E-state index contributed by atoms with van der Waals surface area (Å²) in [5.74, 6) is 0. The van der Waals surface area contributed by atoms with Gasteiger partial charge in [-0.3, -0.25) is 4.99 Å². The Morgan fingerprint density at radius 3 is 2.48 bits per heavy atom. The minimum Gasteiger partial charge on any atom is -0.334 e. The van der Waals surface area contributed by atoms with Crippen LogP contribution in [0, 0.1) is 0 Å². The SMILES string of the molecule is CC1=C(c2ccc3c(c2)ncn3C)N(c2ccc(C(F)(F)F)cc2)CN=C1. The summed E-state index contributed by atoms with van der Waals surface area (Å²) >= 11 is 0. The molecule has 138 valence electrons. The number of aliphatic imine (C=N–C) groups is 1. The van der Waals surface area contributed by atoms with Gasteiger partial charge in [-0.25, -0.2) is 4.98 Å². The maximum atomic E-state index is 12.9. The van der Waals surface area contributed by atoms with Gasteiger partial charge in [0.15, 0.2) is 0 Å². The van der Waals surface area contributed by atoms with Crippen LogP contribution in [-0.2, 0) is 13.2 Å². The Hall–Kier alpha value is -3.09. The Morgan fingerprint density at radius 2 is 1.78 bits per heavy atom. The van der Waals surface area contributed by atoms with Crippen LogP contribution in [0.15, 0.2) is 59.4 Å². The monoisotopic (exact) mass is 370 g/mol. The van der Waals surface area contributed by atoms with Gasteiger partial charge in [-0.15, -0.1) is 0 Å². The summed E-state index contributed by atoms with van der Waals surface area (Å²) < 4.78 is 40.5. The number of allylic oxidation sites excluding steroid dienone is 1. The van der Waals surface area contributed by atoms with Crippen LogP contribution in [-0.4, -0.2) is 22.4 Å². The molecule has 0 atom stereocenters. The molecule has 0 N–H and O–H groups in total. The highest BCUT2D eigenvalue weighted by molar-refractivity contribution is 5.98. The van der Waals surface area contributed by atoms with Crippen LogP contribution in [0.3, 0.4) is 0 Å². The molecule has 0 bridgehead atoms. The van der Waals surface area contributed by atoms with Gasteiger partial charge in [-0.05, 0) is 48.9 Å². The second-order valence-corrected chi connectivity index (χ2v) is 6.52. The molecule has 27 heavy (non-hydrogen) atoms. The van der Waals surface area contributed by atoms with Crippen LogP contribution in [0.1, 0.15) is 18.1 Å². The molecule has 4 nitrogen and oxygen atoms in total. The number of aryl methyl sites for hydroxylation is 1. The van der Waals surface area contributed by atoms with Crippen LogP contribution in [0.4, 0.5) is 18.9 Å². The predicted octanol–water partition coefficient (Wildman–Crippen LogP) is 4.87. The molecule has 0 amide bonds. The third kappa shape index (κ3) is 3.09. The van der Waals surface area contributed by atoms with Gasteiger partial charge >= 0.3 is 6.18 Å². The number of benzene rings is 2. The lowest BCUT2D eigenvalue weighted by molar-refractivity contribution is -0.137. The van der Waals surface area contributed by atoms with Crippen LogP contribution in [0.2, 0.25) is 0 Å². The zero-order valence-corrected chi connectivity index (χ0v) is 14.8. The number of rotatable bonds is 2. The number of halogens is 3. The van der Waals surface area contributed by atoms with Crippen molar-refractivity contribution in [3.8, 4) is 0 Å². The summed E-state index contributed by atoms with van der Waals surface area (Å²) in [5.41, 5.74) is 4.69. The second kappa shape index (κ2) is 6.26. The molecule has 1 aliphatic heterocycles. The van der Waals surface area contributed by atoms with Crippen LogP contribution in [0.25, 0.3) is 16.7 Å². The van der Waals surface area contributed by atoms with E-state index in [9.17, 15) is 13.2 Å². The fourth-order valence-corrected chi connectivity index (χ4v) is 3.31. The molecule has 0 aliphatic carbocycles. The molecule has 4 rings (SSSR count). The van der Waals surface area contributed by atoms with Gasteiger partial charge in [0, 0.05) is 24.5 Å². The standard InChI is InChI=1S/C20H17F3N4/c1-13-10-24-11-27(16-6-4-15(5-7-16)20(21,22)23)19(13)14-3-8-18-17(9-14)25-12-26(18)2/h3-10,12H,11H2,1-2H3. The Kier molecular flexibility index (Phi) is 4.02. The summed E-state index contributed by atoms with van der Waals surface area (Å²) in [6.45, 7) is 2.29. The Balaban J connectivity index is 1.77. The lowest BCUT2D eigenvalue weighted by atomic mass is 10.0. The van der Waals surface area contributed by atoms with E-state index >= 15 is 0 Å². The maximum absolute atomic E-state index is 12.9. The number of fused-ring (bicyclic) bond motifs is 1. The van der Waals surface area contributed by atoms with E-state index in [0.29, 0.717) is 12.4 Å². The van der Waals surface area contributed by atoms with Crippen molar-refractivity contribution in [3.05, 3.63) is 65.5 Å². The van der Waals surface area contributed by atoms with Gasteiger partial charge in [0.1, 0.15) is 6.67 Å². The highest BCUT2D eigenvalue weighted by atomic mass is 19.4. The molecule has 2 aromatic carbocycles. The first kappa shape index (κ1) is 17.3. The van der Waals surface area contributed by atoms with Crippen molar-refractivity contribution in [1.82, 2.24) is 9.55 Å². The molecule has 0 saturated heterocycles. The highest BCUT2D eigenvalue weighted by Crippen LogP contribution is 2.34. The van der Waals surface area contributed by atoms with Gasteiger partial charge < -0.3 is 9.47 Å². The lowest BCUT2D eigenvalue weighted by Gasteiger charge is -2.30. The average Bonchev–Trinajstić information content (AvgIpc) is 3.01. The van der Waals surface area contributed by atoms with E-state index in [-0.39, 0.29) is 0 Å². The van der Waals surface area contributed by atoms with E-state index in [1.165, 1.54) is 12.1 Å². The topological polar surface area (TPSA) is 33.4 Å². The smallest absolute Gasteiger partial charge is 0.334 e. The summed E-state index contributed by atoms with van der Waals surface area (Å²) in [4.78, 5) is 10.6. The Labute approximate surface area is 154 Å². The minimum atomic E-state index is -4.35. The molecule has 0 unspecified atom stereocenters. The van der Waals surface area contributed by atoms with Crippen LogP contribution >= 0.6 is 0 Å². The summed E-state index contributed by atoms with van der Waals surface area (Å²) in [5, 5.41) is 0. The van der Waals surface area contributed by atoms with Gasteiger partial charge in [-0.1, -0.05) is 6.07 Å². The van der Waals surface area contributed by atoms with Crippen molar-refractivity contribution in [2.75, 3.05) is 11.6 Å². The fourth-order valence-electron chi connectivity index (χ4n) is 3.31. The van der Waals surface area contributed by atoms with Crippen molar-refractivity contribution in [3.63, 3.8) is 0 Å². The molecule has 0 fully saturated rings. The van der Waals surface area contributed by atoms with Gasteiger partial charge in [0.2, 0.25) is 0 Å². The van der Waals surface area contributed by atoms with Gasteiger partial charge in [-0.2, -0.15) is 13.2 Å². The largest absolute Gasteiger partial charge is 0.416 e. The van der Waals surface area contributed by atoms with Crippen molar-refractivity contribution < 1.29 is 13.2 Å². The quantitative estimate of drug-likeness (QED) is 0.645. The number of hydrogen-bond donors (Lipinski definition) is 0. The molecule has 3 aromatic rings. The Morgan fingerprint density at radius 1 is 1.04 bits per heavy atom. The third-order valence-corrected chi connectivity index (χ3v) is 4.66. The van der Waals surface area contributed by atoms with Crippen LogP contribution in [0.5, 0.6) is 0 Å². The van der Waals surface area contributed by atoms with Crippen molar-refractivity contribution in [2.24, 2.45) is 12.0 Å². The first-order valence-corrected chi connectivity index (χ1v) is 8.41. The first-order valence-electron chi connectivity index (χ1n) is 8.41. The van der Waals surface area contributed by atoms with Crippen molar-refractivity contribution >= 4 is 28.6 Å². The average molecular weight is 370 g/mol. The molecule has 0 saturated carbocycles. The molecule has 1 aromatic heterocycles. The normalized spacial score (nSPS) is 15.1.